The van der Waals surface area contributed by atoms with Gasteiger partial charge in [-0.2, -0.15) is 0 Å². The van der Waals surface area contributed by atoms with Gasteiger partial charge in [-0.1, -0.05) is 6.07 Å². The van der Waals surface area contributed by atoms with Gasteiger partial charge in [0.1, 0.15) is 0 Å². The fourth-order valence-electron chi connectivity index (χ4n) is 1.21. The molecule has 0 bridgehead atoms. The van der Waals surface area contributed by atoms with Crippen LogP contribution in [0.15, 0.2) is 18.2 Å². The molecule has 1 aromatic rings. The topological polar surface area (TPSA) is 63.6 Å². The van der Waals surface area contributed by atoms with Crippen LogP contribution in [0, 0.1) is 6.92 Å². The molecule has 0 fully saturated rings. The maximum Gasteiger partial charge on any atom is 0.335 e. The largest absolute Gasteiger partial charge is 0.546 e. The Bertz CT molecular complexity index is 408. The van der Waals surface area contributed by atoms with Crippen molar-refractivity contribution in [1.29, 1.82) is 0 Å². The number of aromatic carboxylic acids is 1. The van der Waals surface area contributed by atoms with E-state index in [1.54, 1.807) is 0 Å². The smallest absolute Gasteiger partial charge is 0.335 e. The molecular formula is C9H7B2O4Ti. The summed E-state index contributed by atoms with van der Waals surface area (Å²) in [5.74, 6) is -1.75. The van der Waals surface area contributed by atoms with Gasteiger partial charge in [0.05, 0.1) is 18.9 Å². The van der Waals surface area contributed by atoms with Gasteiger partial charge in [0.2, 0.25) is 0 Å². The zero-order valence-corrected chi connectivity index (χ0v) is 10.1. The second-order valence-corrected chi connectivity index (χ2v) is 2.82. The molecule has 0 unspecified atom stereocenters. The summed E-state index contributed by atoms with van der Waals surface area (Å²) in [5, 5.41) is 8.82. The maximum atomic E-state index is 11.3. The minimum Gasteiger partial charge on any atom is -0.546 e. The molecule has 3 radical (unpaired) electrons. The summed E-state index contributed by atoms with van der Waals surface area (Å²) in [4.78, 5) is 22.1. The first-order valence-corrected chi connectivity index (χ1v) is 4.15. The van der Waals surface area contributed by atoms with Crippen LogP contribution in [0.2, 0.25) is 0 Å². The maximum absolute atomic E-state index is 11.3. The van der Waals surface area contributed by atoms with Crippen LogP contribution in [0.3, 0.4) is 0 Å². The van der Waals surface area contributed by atoms with Crippen molar-refractivity contribution in [3.8, 4) is 0 Å². The van der Waals surface area contributed by atoms with Crippen molar-refractivity contribution in [1.82, 2.24) is 0 Å². The Balaban J connectivity index is 0.00000225. The molecule has 0 aliphatic heterocycles. The number of rotatable bonds is 3. The Kier molecular flexibility index (Phi) is 6.15. The number of hydrogen-bond acceptors (Lipinski definition) is 3. The van der Waals surface area contributed by atoms with E-state index in [-0.39, 0.29) is 32.8 Å². The first-order chi connectivity index (χ1) is 7.07. The van der Waals surface area contributed by atoms with Gasteiger partial charge in [-0.25, -0.2) is 9.59 Å². The van der Waals surface area contributed by atoms with Crippen LogP contribution in [0.1, 0.15) is 26.3 Å². The number of hydrogen-bond donors (Lipinski definition) is 1. The van der Waals surface area contributed by atoms with Crippen LogP contribution in [0.25, 0.3) is 0 Å². The van der Waals surface area contributed by atoms with Crippen molar-refractivity contribution in [3.05, 3.63) is 34.9 Å². The van der Waals surface area contributed by atoms with E-state index in [1.165, 1.54) is 25.1 Å². The fraction of sp³-hybridized carbons (Fsp3) is 0.111. The van der Waals surface area contributed by atoms with Crippen LogP contribution in [0.5, 0.6) is 0 Å². The van der Waals surface area contributed by atoms with Crippen LogP contribution in [-0.2, 0) is 26.4 Å². The molecular weight excluding hydrogens is 242 g/mol. The van der Waals surface area contributed by atoms with Gasteiger partial charge in [-0.05, 0) is 24.6 Å². The predicted octanol–water partition coefficient (Wildman–Crippen LogP) is 0.550. The third-order valence-corrected chi connectivity index (χ3v) is 1.96. The van der Waals surface area contributed by atoms with Gasteiger partial charge in [0.15, 0.2) is 0 Å². The molecule has 7 heteroatoms. The fourth-order valence-corrected chi connectivity index (χ4v) is 1.21. The van der Waals surface area contributed by atoms with Crippen molar-refractivity contribution in [2.24, 2.45) is 0 Å². The number of carboxylic acids is 1. The Labute approximate surface area is 110 Å². The minimum absolute atomic E-state index is 0. The van der Waals surface area contributed by atoms with Gasteiger partial charge in [-0.3, -0.25) is 0 Å². The second-order valence-electron chi connectivity index (χ2n) is 2.82. The van der Waals surface area contributed by atoms with Gasteiger partial charge >= 0.3 is 19.3 Å². The third-order valence-electron chi connectivity index (χ3n) is 1.96. The summed E-state index contributed by atoms with van der Waals surface area (Å²) in [6.45, 7) is 1.54. The molecule has 16 heavy (non-hydrogen) atoms. The van der Waals surface area contributed by atoms with E-state index in [1.807, 2.05) is 0 Å². The van der Waals surface area contributed by atoms with Gasteiger partial charge in [0, 0.05) is 21.7 Å². The zero-order chi connectivity index (χ0) is 11.4. The van der Waals surface area contributed by atoms with E-state index in [0.29, 0.717) is 5.56 Å². The van der Waals surface area contributed by atoms with Crippen LogP contribution in [0.4, 0.5) is 0 Å². The molecule has 1 rings (SSSR count). The summed E-state index contributed by atoms with van der Waals surface area (Å²) >= 11 is 0. The van der Waals surface area contributed by atoms with Gasteiger partial charge in [-0.15, -0.1) is 0 Å². The Morgan fingerprint density at radius 1 is 1.38 bits per heavy atom. The molecule has 0 heterocycles. The summed E-state index contributed by atoms with van der Waals surface area (Å²) in [7, 11) is 5.69. The molecule has 4 nitrogen and oxygen atoms in total. The van der Waals surface area contributed by atoms with Crippen LogP contribution < -0.4 is 0 Å². The van der Waals surface area contributed by atoms with Crippen molar-refractivity contribution < 1.29 is 41.1 Å². The SMILES string of the molecule is [B][B]OC(=O)c1cccc(C(=O)O)c1C.[Ti]. The average Bonchev–Trinajstić information content (AvgIpc) is 2.17. The quantitative estimate of drug-likeness (QED) is 0.794. The van der Waals surface area contributed by atoms with Gasteiger partial charge < -0.3 is 9.76 Å². The molecule has 1 aromatic carbocycles. The first-order valence-electron chi connectivity index (χ1n) is 4.15. The monoisotopic (exact) mass is 249 g/mol. The van der Waals surface area contributed by atoms with Crippen molar-refractivity contribution in [2.45, 2.75) is 6.92 Å². The van der Waals surface area contributed by atoms with E-state index < -0.39 is 11.9 Å². The number of carboxylic acid groups (broad SMARTS) is 1. The summed E-state index contributed by atoms with van der Waals surface area (Å²) in [5.41, 5.74) is 0.620. The molecule has 0 aliphatic rings. The molecule has 0 atom stereocenters. The summed E-state index contributed by atoms with van der Waals surface area (Å²) in [6.07, 6.45) is 0. The molecule has 0 saturated heterocycles. The summed E-state index contributed by atoms with van der Waals surface area (Å²) in [6, 6.07) is 4.37. The van der Waals surface area contributed by atoms with Crippen LogP contribution in [-0.4, -0.2) is 32.2 Å². The standard InChI is InChI=1S/C9H7B2O4.Ti/c1-5-6(8(12)13)3-2-4-7(5)9(14)15-11-10;/h2-4H,1H3,(H,12,13);. The van der Waals surface area contributed by atoms with Crippen LogP contribution >= 0.6 is 0 Å². The molecule has 0 spiro atoms. The van der Waals surface area contributed by atoms with Crippen molar-refractivity contribution in [2.75, 3.05) is 0 Å². The van der Waals surface area contributed by atoms with Gasteiger partial charge in [0.25, 0.3) is 0 Å². The average molecular weight is 249 g/mol. The normalized spacial score (nSPS) is 8.81. The van der Waals surface area contributed by atoms with Crippen molar-refractivity contribution in [3.63, 3.8) is 0 Å². The molecule has 1 N–H and O–H groups in total. The zero-order valence-electron chi connectivity index (χ0n) is 8.56. The number of carbonyl (C=O) groups excluding carboxylic acids is 1. The third kappa shape index (κ3) is 3.25. The van der Waals surface area contributed by atoms with E-state index in [4.69, 9.17) is 12.8 Å². The predicted molar refractivity (Wildman–Crippen MR) is 55.1 cm³/mol. The minimum atomic E-state index is -1.08. The Morgan fingerprint density at radius 3 is 2.44 bits per heavy atom. The molecule has 0 aliphatic carbocycles. The molecule has 0 aromatic heterocycles. The van der Waals surface area contributed by atoms with E-state index >= 15 is 0 Å². The Hall–Kier alpha value is -0.996. The van der Waals surface area contributed by atoms with E-state index in [2.05, 4.69) is 4.65 Å². The molecule has 0 saturated carbocycles. The van der Waals surface area contributed by atoms with E-state index in [0.717, 1.165) is 7.37 Å². The van der Waals surface area contributed by atoms with Crippen molar-refractivity contribution >= 4 is 27.0 Å². The second kappa shape index (κ2) is 6.56. The summed E-state index contributed by atoms with van der Waals surface area (Å²) < 4.78 is 4.46. The molecule has 77 valence electrons. The Morgan fingerprint density at radius 2 is 1.94 bits per heavy atom. The number of benzene rings is 1. The number of carbonyl (C=O) groups is 2. The first kappa shape index (κ1) is 15.0. The molecule has 0 amide bonds. The van der Waals surface area contributed by atoms with E-state index in [9.17, 15) is 9.59 Å².